The van der Waals surface area contributed by atoms with Crippen molar-refractivity contribution in [2.45, 2.75) is 6.18 Å². The molecule has 7 heteroatoms. The second-order valence-electron chi connectivity index (χ2n) is 12.3. The number of nitrogens with zero attached hydrogens (tertiary/aromatic N) is 3. The molecule has 9 aromatic rings. The van der Waals surface area contributed by atoms with E-state index >= 15 is 0 Å². The first-order chi connectivity index (χ1) is 24.3. The summed E-state index contributed by atoms with van der Waals surface area (Å²) in [4.78, 5) is 16.4. The number of rotatable bonds is 5. The van der Waals surface area contributed by atoms with Crippen LogP contribution in [0.2, 0.25) is 0 Å². The topological polar surface area (TPSA) is 39.8 Å². The monoisotopic (exact) mass is 657 g/mol. The average Bonchev–Trinajstić information content (AvgIpc) is 3.67. The molecule has 0 spiro atoms. The summed E-state index contributed by atoms with van der Waals surface area (Å²) >= 11 is 0. The van der Waals surface area contributed by atoms with E-state index in [-0.39, 0.29) is 5.56 Å². The fourth-order valence-corrected chi connectivity index (χ4v) is 7.07. The molecule has 0 atom stereocenters. The number of ketones is 1. The highest BCUT2D eigenvalue weighted by molar-refractivity contribution is 6.10. The molecule has 4 nitrogen and oxygen atoms in total. The van der Waals surface area contributed by atoms with Crippen molar-refractivity contribution in [2.24, 2.45) is 0 Å². The maximum atomic E-state index is 12.9. The van der Waals surface area contributed by atoms with Crippen LogP contribution in [0.3, 0.4) is 0 Å². The molecule has 6 aromatic carbocycles. The maximum Gasteiger partial charge on any atom is 0.454 e. The van der Waals surface area contributed by atoms with Gasteiger partial charge in [-0.1, -0.05) is 91.0 Å². The summed E-state index contributed by atoms with van der Waals surface area (Å²) in [6.45, 7) is 0. The summed E-state index contributed by atoms with van der Waals surface area (Å²) in [5.41, 5.74) is 9.53. The molecule has 50 heavy (non-hydrogen) atoms. The Bertz CT molecular complexity index is 2690. The third-order valence-electron chi connectivity index (χ3n) is 9.43. The zero-order valence-electron chi connectivity index (χ0n) is 26.4. The van der Waals surface area contributed by atoms with Gasteiger partial charge < -0.3 is 4.57 Å². The highest BCUT2D eigenvalue weighted by Gasteiger charge is 2.39. The van der Waals surface area contributed by atoms with Gasteiger partial charge in [-0.05, 0) is 82.9 Å². The minimum atomic E-state index is -4.90. The lowest BCUT2D eigenvalue weighted by Crippen LogP contribution is -2.22. The molecule has 240 valence electrons. The molecule has 0 aliphatic rings. The van der Waals surface area contributed by atoms with Crippen LogP contribution in [0.1, 0.15) is 10.4 Å². The third-order valence-corrected chi connectivity index (χ3v) is 9.43. The molecule has 0 aliphatic heterocycles. The fourth-order valence-electron chi connectivity index (χ4n) is 7.07. The van der Waals surface area contributed by atoms with Gasteiger partial charge in [-0.3, -0.25) is 9.36 Å². The Labute approximate surface area is 284 Å². The van der Waals surface area contributed by atoms with Crippen LogP contribution in [-0.4, -0.2) is 26.1 Å². The van der Waals surface area contributed by atoms with Crippen LogP contribution >= 0.6 is 0 Å². The standard InChI is InChI=1S/C43H26F3N3O/c44-43(45,46)41(50)30-13-11-27(12-14-30)28-15-22-33(23-16-28)49-40-24-19-31(26-37(40)36-8-5-25-47-42(36)49)29-17-20-32(21-18-29)48-38-9-3-1-6-34(38)35-7-2-4-10-39(35)48/h1-26H. The Morgan fingerprint density at radius 1 is 0.480 bits per heavy atom. The van der Waals surface area contributed by atoms with E-state index < -0.39 is 12.0 Å². The van der Waals surface area contributed by atoms with Crippen molar-refractivity contribution in [3.8, 4) is 33.6 Å². The van der Waals surface area contributed by atoms with Gasteiger partial charge in [-0.2, -0.15) is 13.2 Å². The Morgan fingerprint density at radius 2 is 0.960 bits per heavy atom. The van der Waals surface area contributed by atoms with Crippen LogP contribution < -0.4 is 0 Å². The molecule has 3 aromatic heterocycles. The molecule has 3 heterocycles. The normalized spacial score (nSPS) is 12.0. The van der Waals surface area contributed by atoms with Crippen LogP contribution in [0.4, 0.5) is 13.2 Å². The number of benzene rings is 6. The molecule has 0 amide bonds. The number of para-hydroxylation sites is 2. The number of fused-ring (bicyclic) bond motifs is 6. The quantitative estimate of drug-likeness (QED) is 0.173. The van der Waals surface area contributed by atoms with Crippen molar-refractivity contribution in [1.82, 2.24) is 14.1 Å². The van der Waals surface area contributed by atoms with Crippen LogP contribution in [0.5, 0.6) is 0 Å². The second-order valence-corrected chi connectivity index (χ2v) is 12.3. The Kier molecular flexibility index (Phi) is 6.71. The van der Waals surface area contributed by atoms with Gasteiger partial charge in [0, 0.05) is 44.7 Å². The molecule has 0 saturated heterocycles. The van der Waals surface area contributed by atoms with Gasteiger partial charge in [0.15, 0.2) is 0 Å². The Hall–Kier alpha value is -6.47. The lowest BCUT2D eigenvalue weighted by molar-refractivity contribution is -0.0885. The molecule has 0 fully saturated rings. The first kappa shape index (κ1) is 29.7. The molecule has 0 radical (unpaired) electrons. The predicted octanol–water partition coefficient (Wildman–Crippen LogP) is 11.4. The number of pyridine rings is 1. The van der Waals surface area contributed by atoms with E-state index in [0.717, 1.165) is 50.0 Å². The maximum absolute atomic E-state index is 12.9. The number of aromatic nitrogens is 3. The molecular weight excluding hydrogens is 631 g/mol. The largest absolute Gasteiger partial charge is 0.454 e. The number of carbonyl (C=O) groups excluding carboxylic acids is 1. The summed E-state index contributed by atoms with van der Waals surface area (Å²) in [5, 5.41) is 4.56. The van der Waals surface area contributed by atoms with Crippen LogP contribution in [0.25, 0.3) is 77.4 Å². The highest BCUT2D eigenvalue weighted by Crippen LogP contribution is 2.36. The van der Waals surface area contributed by atoms with Gasteiger partial charge in [-0.25, -0.2) is 4.98 Å². The van der Waals surface area contributed by atoms with E-state index in [2.05, 4.69) is 106 Å². The van der Waals surface area contributed by atoms with E-state index in [1.807, 2.05) is 30.3 Å². The van der Waals surface area contributed by atoms with Crippen molar-refractivity contribution in [2.75, 3.05) is 0 Å². The molecular formula is C43H26F3N3O. The molecule has 0 unspecified atom stereocenters. The third kappa shape index (κ3) is 4.77. The number of halogens is 3. The average molecular weight is 658 g/mol. The lowest BCUT2D eigenvalue weighted by atomic mass is 10.0. The SMILES string of the molecule is O=C(c1ccc(-c2ccc(-n3c4ccc(-c5ccc(-n6c7ccccc7c7ccccc76)cc5)cc4c4cccnc43)cc2)cc1)C(F)(F)F. The van der Waals surface area contributed by atoms with Gasteiger partial charge in [0.25, 0.3) is 5.78 Å². The molecule has 0 N–H and O–H groups in total. The van der Waals surface area contributed by atoms with Crippen LogP contribution in [-0.2, 0) is 0 Å². The van der Waals surface area contributed by atoms with E-state index in [9.17, 15) is 18.0 Å². The van der Waals surface area contributed by atoms with Crippen molar-refractivity contribution in [3.63, 3.8) is 0 Å². The van der Waals surface area contributed by atoms with Crippen LogP contribution in [0, 0.1) is 0 Å². The number of Topliss-reactive ketones (excluding diaryl/α,β-unsaturated/α-hetero) is 1. The summed E-state index contributed by atoms with van der Waals surface area (Å²) in [5.74, 6) is -1.85. The summed E-state index contributed by atoms with van der Waals surface area (Å²) in [6.07, 6.45) is -3.12. The van der Waals surface area contributed by atoms with E-state index in [1.54, 1.807) is 6.20 Å². The predicted molar refractivity (Wildman–Crippen MR) is 194 cm³/mol. The van der Waals surface area contributed by atoms with Crippen molar-refractivity contribution in [1.29, 1.82) is 0 Å². The van der Waals surface area contributed by atoms with E-state index in [0.29, 0.717) is 5.56 Å². The minimum Gasteiger partial charge on any atom is -0.309 e. The van der Waals surface area contributed by atoms with E-state index in [4.69, 9.17) is 4.98 Å². The number of hydrogen-bond donors (Lipinski definition) is 0. The first-order valence-corrected chi connectivity index (χ1v) is 16.2. The smallest absolute Gasteiger partial charge is 0.309 e. The zero-order valence-corrected chi connectivity index (χ0v) is 26.4. The van der Waals surface area contributed by atoms with Gasteiger partial charge in [0.05, 0.1) is 16.6 Å². The summed E-state index contributed by atoms with van der Waals surface area (Å²) in [6, 6.07) is 49.4. The van der Waals surface area contributed by atoms with E-state index in [1.165, 1.54) is 46.1 Å². The first-order valence-electron chi connectivity index (χ1n) is 16.2. The van der Waals surface area contributed by atoms with Crippen molar-refractivity contribution >= 4 is 49.5 Å². The Morgan fingerprint density at radius 3 is 1.56 bits per heavy atom. The number of hydrogen-bond acceptors (Lipinski definition) is 2. The van der Waals surface area contributed by atoms with Gasteiger partial charge in [-0.15, -0.1) is 0 Å². The zero-order chi connectivity index (χ0) is 34.0. The number of carbonyl (C=O) groups is 1. The molecule has 0 aliphatic carbocycles. The highest BCUT2D eigenvalue weighted by atomic mass is 19.4. The van der Waals surface area contributed by atoms with Crippen molar-refractivity contribution in [3.05, 3.63) is 163 Å². The minimum absolute atomic E-state index is 0.382. The van der Waals surface area contributed by atoms with Gasteiger partial charge in [0.1, 0.15) is 5.65 Å². The summed E-state index contributed by atoms with van der Waals surface area (Å²) in [7, 11) is 0. The Balaban J connectivity index is 1.07. The number of alkyl halides is 3. The van der Waals surface area contributed by atoms with Gasteiger partial charge in [0.2, 0.25) is 0 Å². The van der Waals surface area contributed by atoms with Crippen LogP contribution in [0.15, 0.2) is 158 Å². The molecule has 0 bridgehead atoms. The molecule has 9 rings (SSSR count). The lowest BCUT2D eigenvalue weighted by Gasteiger charge is -2.11. The fraction of sp³-hybridized carbons (Fsp3) is 0.0233. The van der Waals surface area contributed by atoms with Crippen molar-refractivity contribution < 1.29 is 18.0 Å². The summed E-state index contributed by atoms with van der Waals surface area (Å²) < 4.78 is 43.0. The molecule has 0 saturated carbocycles. The second kappa shape index (κ2) is 11.3. The van der Waals surface area contributed by atoms with Gasteiger partial charge >= 0.3 is 6.18 Å².